The van der Waals surface area contributed by atoms with E-state index in [0.29, 0.717) is 30.1 Å². The summed E-state index contributed by atoms with van der Waals surface area (Å²) < 4.78 is 5.34. The molecule has 2 aromatic carbocycles. The molecule has 0 saturated heterocycles. The number of rotatable bonds is 8. The van der Waals surface area contributed by atoms with E-state index < -0.39 is 0 Å². The Morgan fingerprint density at radius 2 is 1.87 bits per heavy atom. The number of methoxy groups -OCH3 is 1. The van der Waals surface area contributed by atoms with Crippen molar-refractivity contribution in [3.05, 3.63) is 70.0 Å². The summed E-state index contributed by atoms with van der Waals surface area (Å²) in [5.41, 5.74) is 2.95. The molecule has 0 radical (unpaired) electrons. The third-order valence-electron chi connectivity index (χ3n) is 5.21. The predicted octanol–water partition coefficient (Wildman–Crippen LogP) is 3.69. The fourth-order valence-electron chi connectivity index (χ4n) is 3.36. The second-order valence-electron chi connectivity index (χ2n) is 7.75. The Hall–Kier alpha value is -3.32. The molecule has 0 aliphatic heterocycles. The average molecular weight is 423 g/mol. The van der Waals surface area contributed by atoms with Crippen molar-refractivity contribution >= 4 is 22.6 Å². The third kappa shape index (κ3) is 5.64. The Kier molecular flexibility index (Phi) is 7.31. The van der Waals surface area contributed by atoms with Crippen LogP contribution in [0, 0.1) is 0 Å². The third-order valence-corrected chi connectivity index (χ3v) is 5.21. The van der Waals surface area contributed by atoms with Crippen LogP contribution in [0.5, 0.6) is 5.75 Å². The molecule has 7 heteroatoms. The summed E-state index contributed by atoms with van der Waals surface area (Å²) in [6.07, 6.45) is 0.917. The molecule has 1 heterocycles. The summed E-state index contributed by atoms with van der Waals surface area (Å²) in [5.74, 6) is 0.582. The van der Waals surface area contributed by atoms with Crippen LogP contribution in [0.25, 0.3) is 10.9 Å². The number of likely N-dealkylation sites (N-methyl/N-ethyl adjacent to an activating group) is 1. The van der Waals surface area contributed by atoms with E-state index in [0.717, 1.165) is 17.3 Å². The Balaban J connectivity index is 1.89. The first-order valence-corrected chi connectivity index (χ1v) is 10.4. The number of H-pyrrole nitrogens is 1. The van der Waals surface area contributed by atoms with Crippen molar-refractivity contribution in [3.63, 3.8) is 0 Å². The Labute approximate surface area is 182 Å². The zero-order valence-electron chi connectivity index (χ0n) is 18.6. The van der Waals surface area contributed by atoms with Crippen molar-refractivity contribution in [2.24, 2.45) is 0 Å². The molecule has 1 aromatic heterocycles. The number of benzene rings is 2. The van der Waals surface area contributed by atoms with Crippen molar-refractivity contribution in [1.29, 1.82) is 0 Å². The first-order valence-electron chi connectivity index (χ1n) is 10.4. The van der Waals surface area contributed by atoms with Gasteiger partial charge in [-0.2, -0.15) is 0 Å². The Bertz CT molecular complexity index is 1110. The molecule has 3 rings (SSSR count). The lowest BCUT2D eigenvalue weighted by atomic mass is 10.1. The number of aryl methyl sites for hydroxylation is 1. The van der Waals surface area contributed by atoms with Crippen molar-refractivity contribution in [1.82, 2.24) is 14.8 Å². The number of nitrogens with zero attached hydrogens (tertiary/aromatic N) is 2. The summed E-state index contributed by atoms with van der Waals surface area (Å²) in [4.78, 5) is 32.4. The Morgan fingerprint density at radius 1 is 1.10 bits per heavy atom. The quantitative estimate of drug-likeness (QED) is 0.580. The number of carbonyl (C=O) groups is 1. The van der Waals surface area contributed by atoms with Crippen LogP contribution in [-0.4, -0.2) is 55.1 Å². The molecule has 164 valence electrons. The van der Waals surface area contributed by atoms with Gasteiger partial charge < -0.3 is 24.8 Å². The van der Waals surface area contributed by atoms with Gasteiger partial charge >= 0.3 is 6.03 Å². The molecule has 31 heavy (non-hydrogen) atoms. The number of fused-ring (bicyclic) bond motifs is 1. The number of ether oxygens (including phenoxy) is 1. The van der Waals surface area contributed by atoms with Crippen LogP contribution >= 0.6 is 0 Å². The first-order chi connectivity index (χ1) is 14.9. The summed E-state index contributed by atoms with van der Waals surface area (Å²) in [5, 5.41) is 3.88. The minimum Gasteiger partial charge on any atom is -0.495 e. The van der Waals surface area contributed by atoms with Crippen LogP contribution in [0.2, 0.25) is 0 Å². The van der Waals surface area contributed by atoms with Gasteiger partial charge in [-0.3, -0.25) is 4.79 Å². The molecule has 0 atom stereocenters. The molecule has 7 nitrogen and oxygen atoms in total. The predicted molar refractivity (Wildman–Crippen MR) is 125 cm³/mol. The van der Waals surface area contributed by atoms with Gasteiger partial charge in [-0.25, -0.2) is 4.79 Å². The topological polar surface area (TPSA) is 77.7 Å². The molecule has 3 aromatic rings. The largest absolute Gasteiger partial charge is 0.495 e. The van der Waals surface area contributed by atoms with Gasteiger partial charge in [0.05, 0.1) is 19.3 Å². The highest BCUT2D eigenvalue weighted by molar-refractivity contribution is 5.91. The number of aromatic nitrogens is 1. The molecule has 0 spiro atoms. The zero-order valence-corrected chi connectivity index (χ0v) is 18.6. The molecule has 0 saturated carbocycles. The number of anilines is 1. The first kappa shape index (κ1) is 22.4. The summed E-state index contributed by atoms with van der Waals surface area (Å²) in [6, 6.07) is 14.9. The van der Waals surface area contributed by atoms with E-state index >= 15 is 0 Å². The van der Waals surface area contributed by atoms with E-state index in [9.17, 15) is 9.59 Å². The minimum atomic E-state index is -0.284. The maximum Gasteiger partial charge on any atom is 0.322 e. The number of amides is 2. The molecule has 2 amide bonds. The van der Waals surface area contributed by atoms with Crippen LogP contribution in [0.4, 0.5) is 10.5 Å². The van der Waals surface area contributed by atoms with Crippen LogP contribution in [0.3, 0.4) is 0 Å². The summed E-state index contributed by atoms with van der Waals surface area (Å²) >= 11 is 0. The fraction of sp³-hybridized carbons (Fsp3) is 0.333. The van der Waals surface area contributed by atoms with E-state index in [1.807, 2.05) is 49.3 Å². The van der Waals surface area contributed by atoms with E-state index in [1.54, 1.807) is 24.1 Å². The molecule has 0 fully saturated rings. The number of aromatic amines is 1. The van der Waals surface area contributed by atoms with Crippen LogP contribution in [-0.2, 0) is 13.0 Å². The van der Waals surface area contributed by atoms with Gasteiger partial charge in [0.25, 0.3) is 5.56 Å². The van der Waals surface area contributed by atoms with E-state index in [1.165, 1.54) is 5.56 Å². The van der Waals surface area contributed by atoms with Crippen molar-refractivity contribution in [2.45, 2.75) is 19.9 Å². The van der Waals surface area contributed by atoms with Crippen LogP contribution in [0.1, 0.15) is 18.1 Å². The number of nitrogens with one attached hydrogen (secondary N) is 2. The molecular formula is C24H30N4O3. The second kappa shape index (κ2) is 10.1. The van der Waals surface area contributed by atoms with Gasteiger partial charge in [0.1, 0.15) is 5.75 Å². The lowest BCUT2D eigenvalue weighted by Crippen LogP contribution is -2.40. The van der Waals surface area contributed by atoms with Gasteiger partial charge in [-0.05, 0) is 61.8 Å². The highest BCUT2D eigenvalue weighted by Crippen LogP contribution is 2.23. The SMILES string of the molecule is CCc1ccc2[nH]c(=O)c(CN(CCN(C)C)C(=O)Nc3ccccc3OC)cc2c1. The number of carbonyl (C=O) groups excluding carboxylic acids is 1. The number of hydrogen-bond acceptors (Lipinski definition) is 4. The number of urea groups is 1. The van der Waals surface area contributed by atoms with E-state index in [2.05, 4.69) is 23.3 Å². The van der Waals surface area contributed by atoms with Crippen molar-refractivity contribution < 1.29 is 9.53 Å². The molecule has 2 N–H and O–H groups in total. The lowest BCUT2D eigenvalue weighted by molar-refractivity contribution is 0.202. The Morgan fingerprint density at radius 3 is 2.58 bits per heavy atom. The minimum absolute atomic E-state index is 0.184. The molecule has 0 unspecified atom stereocenters. The number of hydrogen-bond donors (Lipinski definition) is 2. The van der Waals surface area contributed by atoms with Crippen molar-refractivity contribution in [3.8, 4) is 5.75 Å². The van der Waals surface area contributed by atoms with Gasteiger partial charge in [0, 0.05) is 24.2 Å². The second-order valence-corrected chi connectivity index (χ2v) is 7.75. The highest BCUT2D eigenvalue weighted by Gasteiger charge is 2.18. The monoisotopic (exact) mass is 422 g/mol. The summed E-state index contributed by atoms with van der Waals surface area (Å²) in [6.45, 7) is 3.45. The molecular weight excluding hydrogens is 392 g/mol. The number of pyridine rings is 1. The number of para-hydroxylation sites is 2. The van der Waals surface area contributed by atoms with Gasteiger partial charge in [0.2, 0.25) is 0 Å². The standard InChI is InChI=1S/C24H30N4O3/c1-5-17-10-11-20-18(14-17)15-19(23(29)25-20)16-28(13-12-27(2)3)24(30)26-21-8-6-7-9-22(21)31-4/h6-11,14-15H,5,12-13,16H2,1-4H3,(H,25,29)(H,26,30). The summed E-state index contributed by atoms with van der Waals surface area (Å²) in [7, 11) is 5.46. The van der Waals surface area contributed by atoms with Crippen LogP contribution in [0.15, 0.2) is 53.3 Å². The smallest absolute Gasteiger partial charge is 0.322 e. The zero-order chi connectivity index (χ0) is 22.4. The molecule has 0 aliphatic carbocycles. The van der Waals surface area contributed by atoms with E-state index in [-0.39, 0.29) is 18.1 Å². The highest BCUT2D eigenvalue weighted by atomic mass is 16.5. The average Bonchev–Trinajstić information content (AvgIpc) is 2.76. The molecule has 0 aliphatic rings. The van der Waals surface area contributed by atoms with Gasteiger partial charge in [0.15, 0.2) is 0 Å². The maximum absolute atomic E-state index is 13.1. The molecule has 0 bridgehead atoms. The van der Waals surface area contributed by atoms with Gasteiger partial charge in [-0.15, -0.1) is 0 Å². The van der Waals surface area contributed by atoms with Crippen LogP contribution < -0.4 is 15.6 Å². The van der Waals surface area contributed by atoms with E-state index in [4.69, 9.17) is 4.74 Å². The maximum atomic E-state index is 13.1. The van der Waals surface area contributed by atoms with Crippen molar-refractivity contribution in [2.75, 3.05) is 39.6 Å². The fourth-order valence-corrected chi connectivity index (χ4v) is 3.36. The lowest BCUT2D eigenvalue weighted by Gasteiger charge is -2.25. The normalized spacial score (nSPS) is 11.0. The van der Waals surface area contributed by atoms with Gasteiger partial charge in [-0.1, -0.05) is 25.1 Å².